The molecular formula is C11H20O6. The monoisotopic (exact) mass is 248 g/mol. The Labute approximate surface area is 100 Å². The van der Waals surface area contributed by atoms with Crippen LogP contribution in [0.5, 0.6) is 0 Å². The van der Waals surface area contributed by atoms with Gasteiger partial charge in [-0.1, -0.05) is 19.3 Å². The molecule has 0 atom stereocenters. The molecule has 0 unspecified atom stereocenters. The van der Waals surface area contributed by atoms with Crippen LogP contribution in [0.4, 0.5) is 0 Å². The molecular weight excluding hydrogens is 228 g/mol. The third-order valence-electron chi connectivity index (χ3n) is 2.16. The van der Waals surface area contributed by atoms with Gasteiger partial charge in [-0.05, 0) is 12.8 Å². The van der Waals surface area contributed by atoms with Gasteiger partial charge in [0.15, 0.2) is 6.29 Å². The molecule has 0 bridgehead atoms. The minimum atomic E-state index is -1.62. The standard InChI is InChI=1S/C11H20O6/c12-9(13)6-4-2-1-3-5-7-11(16)17-8-10(14)15/h10,14-15H,1-8H2,(H,12,13). The molecule has 0 amide bonds. The number of carboxylic acid groups (broad SMARTS) is 1. The van der Waals surface area contributed by atoms with Crippen LogP contribution in [0.25, 0.3) is 0 Å². The Bertz CT molecular complexity index is 226. The summed E-state index contributed by atoms with van der Waals surface area (Å²) >= 11 is 0. The first-order valence-corrected chi connectivity index (χ1v) is 5.76. The summed E-state index contributed by atoms with van der Waals surface area (Å²) in [4.78, 5) is 21.2. The molecule has 0 aromatic heterocycles. The van der Waals surface area contributed by atoms with E-state index in [0.717, 1.165) is 19.3 Å². The highest BCUT2D eigenvalue weighted by Crippen LogP contribution is 2.07. The van der Waals surface area contributed by atoms with Gasteiger partial charge in [0.25, 0.3) is 0 Å². The molecule has 3 N–H and O–H groups in total. The molecule has 0 radical (unpaired) electrons. The predicted molar refractivity (Wildman–Crippen MR) is 59.1 cm³/mol. The van der Waals surface area contributed by atoms with E-state index in [1.165, 1.54) is 0 Å². The fraction of sp³-hybridized carbons (Fsp3) is 0.818. The molecule has 0 aliphatic rings. The fourth-order valence-electron chi connectivity index (χ4n) is 1.32. The van der Waals surface area contributed by atoms with Gasteiger partial charge in [-0.3, -0.25) is 9.59 Å². The van der Waals surface area contributed by atoms with Crippen molar-refractivity contribution in [3.63, 3.8) is 0 Å². The third kappa shape index (κ3) is 12.8. The predicted octanol–water partition coefficient (Wildman–Crippen LogP) is 0.656. The largest absolute Gasteiger partial charge is 0.481 e. The average molecular weight is 248 g/mol. The molecule has 0 aromatic rings. The topological polar surface area (TPSA) is 104 Å². The summed E-state index contributed by atoms with van der Waals surface area (Å²) in [7, 11) is 0. The summed E-state index contributed by atoms with van der Waals surface area (Å²) in [5.74, 6) is -1.22. The Morgan fingerprint density at radius 2 is 1.47 bits per heavy atom. The van der Waals surface area contributed by atoms with Crippen LogP contribution in [0.1, 0.15) is 44.9 Å². The van der Waals surface area contributed by atoms with Gasteiger partial charge in [-0.25, -0.2) is 0 Å². The van der Waals surface area contributed by atoms with Crippen LogP contribution in [-0.4, -0.2) is 40.2 Å². The number of aliphatic carboxylic acids is 1. The van der Waals surface area contributed by atoms with E-state index in [2.05, 4.69) is 4.74 Å². The Hall–Kier alpha value is -1.14. The summed E-state index contributed by atoms with van der Waals surface area (Å²) in [5, 5.41) is 25.3. The molecule has 0 spiro atoms. The highest BCUT2D eigenvalue weighted by molar-refractivity contribution is 5.69. The van der Waals surface area contributed by atoms with Crippen molar-refractivity contribution in [2.45, 2.75) is 51.2 Å². The summed E-state index contributed by atoms with van der Waals surface area (Å²) < 4.78 is 4.55. The van der Waals surface area contributed by atoms with E-state index in [1.807, 2.05) is 0 Å². The molecule has 0 saturated carbocycles. The lowest BCUT2D eigenvalue weighted by Gasteiger charge is -2.05. The van der Waals surface area contributed by atoms with E-state index in [4.69, 9.17) is 15.3 Å². The molecule has 0 aliphatic carbocycles. The second kappa shape index (κ2) is 10.0. The zero-order valence-corrected chi connectivity index (χ0v) is 9.80. The Balaban J connectivity index is 3.22. The van der Waals surface area contributed by atoms with Gasteiger partial charge in [-0.15, -0.1) is 0 Å². The highest BCUT2D eigenvalue weighted by atomic mass is 16.6. The lowest BCUT2D eigenvalue weighted by atomic mass is 10.1. The van der Waals surface area contributed by atoms with E-state index in [-0.39, 0.29) is 12.8 Å². The number of hydrogen-bond donors (Lipinski definition) is 3. The summed E-state index contributed by atoms with van der Waals surface area (Å²) in [6.07, 6.45) is 2.75. The first kappa shape index (κ1) is 15.9. The van der Waals surface area contributed by atoms with Crippen molar-refractivity contribution in [3.8, 4) is 0 Å². The van der Waals surface area contributed by atoms with E-state index >= 15 is 0 Å². The second-order valence-electron chi connectivity index (χ2n) is 3.83. The van der Waals surface area contributed by atoms with Gasteiger partial charge in [0.2, 0.25) is 0 Å². The maximum Gasteiger partial charge on any atom is 0.305 e. The Morgan fingerprint density at radius 3 is 2.00 bits per heavy atom. The van der Waals surface area contributed by atoms with Gasteiger partial charge in [0, 0.05) is 12.8 Å². The SMILES string of the molecule is O=C(O)CCCCCCCC(=O)OCC(O)O. The van der Waals surface area contributed by atoms with E-state index in [9.17, 15) is 9.59 Å². The third-order valence-corrected chi connectivity index (χ3v) is 2.16. The number of unbranched alkanes of at least 4 members (excludes halogenated alkanes) is 4. The number of ether oxygens (including phenoxy) is 1. The minimum Gasteiger partial charge on any atom is -0.481 e. The molecule has 0 aromatic carbocycles. The van der Waals surface area contributed by atoms with E-state index in [1.54, 1.807) is 0 Å². The number of carbonyl (C=O) groups excluding carboxylic acids is 1. The van der Waals surface area contributed by atoms with Crippen LogP contribution in [-0.2, 0) is 14.3 Å². The van der Waals surface area contributed by atoms with Crippen LogP contribution >= 0.6 is 0 Å². The second-order valence-corrected chi connectivity index (χ2v) is 3.83. The summed E-state index contributed by atoms with van der Waals surface area (Å²) in [6, 6.07) is 0. The number of aliphatic hydroxyl groups is 2. The molecule has 0 saturated heterocycles. The molecule has 0 aliphatic heterocycles. The van der Waals surface area contributed by atoms with Gasteiger partial charge < -0.3 is 20.1 Å². The molecule has 6 nitrogen and oxygen atoms in total. The van der Waals surface area contributed by atoms with Crippen molar-refractivity contribution in [1.29, 1.82) is 0 Å². The van der Waals surface area contributed by atoms with Gasteiger partial charge in [0.1, 0.15) is 6.61 Å². The number of aliphatic hydroxyl groups excluding tert-OH is 1. The average Bonchev–Trinajstić information content (AvgIpc) is 2.24. The molecule has 0 rings (SSSR count). The van der Waals surface area contributed by atoms with Crippen LogP contribution in [0, 0.1) is 0 Å². The number of carboxylic acids is 1. The van der Waals surface area contributed by atoms with Crippen LogP contribution in [0.15, 0.2) is 0 Å². The molecule has 100 valence electrons. The Kier molecular flexibility index (Phi) is 9.37. The zero-order chi connectivity index (χ0) is 13.1. The highest BCUT2D eigenvalue weighted by Gasteiger charge is 2.05. The van der Waals surface area contributed by atoms with Crippen molar-refractivity contribution in [2.75, 3.05) is 6.61 Å². The van der Waals surface area contributed by atoms with Crippen LogP contribution < -0.4 is 0 Å². The number of hydrogen-bond acceptors (Lipinski definition) is 5. The molecule has 6 heteroatoms. The number of carbonyl (C=O) groups is 2. The van der Waals surface area contributed by atoms with Gasteiger partial charge in [0.05, 0.1) is 0 Å². The first-order valence-electron chi connectivity index (χ1n) is 5.76. The maximum atomic E-state index is 11.0. The van der Waals surface area contributed by atoms with E-state index < -0.39 is 24.8 Å². The van der Waals surface area contributed by atoms with Gasteiger partial charge in [-0.2, -0.15) is 0 Å². The van der Waals surface area contributed by atoms with Crippen molar-refractivity contribution in [3.05, 3.63) is 0 Å². The summed E-state index contributed by atoms with van der Waals surface area (Å²) in [5.41, 5.74) is 0. The smallest absolute Gasteiger partial charge is 0.305 e. The molecule has 0 heterocycles. The maximum absolute atomic E-state index is 11.0. The lowest BCUT2D eigenvalue weighted by Crippen LogP contribution is -2.17. The van der Waals surface area contributed by atoms with Gasteiger partial charge >= 0.3 is 11.9 Å². The van der Waals surface area contributed by atoms with E-state index in [0.29, 0.717) is 12.8 Å². The molecule has 17 heavy (non-hydrogen) atoms. The molecule has 0 fully saturated rings. The number of rotatable bonds is 10. The lowest BCUT2D eigenvalue weighted by molar-refractivity contribution is -0.156. The quantitative estimate of drug-likeness (QED) is 0.298. The van der Waals surface area contributed by atoms with Crippen LogP contribution in [0.3, 0.4) is 0 Å². The first-order chi connectivity index (χ1) is 8.02. The van der Waals surface area contributed by atoms with Crippen molar-refractivity contribution in [1.82, 2.24) is 0 Å². The normalized spacial score (nSPS) is 10.5. The summed E-state index contributed by atoms with van der Waals surface area (Å²) in [6.45, 7) is -0.391. The minimum absolute atomic E-state index is 0.191. The fourth-order valence-corrected chi connectivity index (χ4v) is 1.32. The zero-order valence-electron chi connectivity index (χ0n) is 9.80. The van der Waals surface area contributed by atoms with Crippen molar-refractivity contribution < 1.29 is 29.6 Å². The Morgan fingerprint density at radius 1 is 0.941 bits per heavy atom. The van der Waals surface area contributed by atoms with Crippen LogP contribution in [0.2, 0.25) is 0 Å². The van der Waals surface area contributed by atoms with Crippen molar-refractivity contribution in [2.24, 2.45) is 0 Å². The number of esters is 1. The van der Waals surface area contributed by atoms with Crippen molar-refractivity contribution >= 4 is 11.9 Å².